The molecule has 0 saturated heterocycles. The van der Waals surface area contributed by atoms with Crippen molar-refractivity contribution >= 4 is 5.91 Å². The summed E-state index contributed by atoms with van der Waals surface area (Å²) in [6.45, 7) is 7.67. The largest absolute Gasteiger partial charge is 0.481 e. The monoisotopic (exact) mass is 264 g/mol. The van der Waals surface area contributed by atoms with Crippen molar-refractivity contribution in [2.45, 2.75) is 52.3 Å². The molecule has 106 valence electrons. The van der Waals surface area contributed by atoms with Crippen LogP contribution in [0.25, 0.3) is 0 Å². The average Bonchev–Trinajstić information content (AvgIpc) is 2.38. The number of amides is 1. The summed E-state index contributed by atoms with van der Waals surface area (Å²) >= 11 is 0. The van der Waals surface area contributed by atoms with Crippen LogP contribution in [0.1, 0.15) is 45.7 Å². The van der Waals surface area contributed by atoms with Gasteiger partial charge in [0.1, 0.15) is 5.75 Å². The van der Waals surface area contributed by atoms with E-state index in [1.54, 1.807) is 6.92 Å². The molecule has 0 saturated carbocycles. The molecule has 19 heavy (non-hydrogen) atoms. The predicted octanol–water partition coefficient (Wildman–Crippen LogP) is 2.39. The van der Waals surface area contributed by atoms with Crippen LogP contribution in [-0.4, -0.2) is 18.1 Å². The molecule has 0 spiro atoms. The molecule has 4 nitrogen and oxygen atoms in total. The molecule has 1 aromatic carbocycles. The molecule has 1 rings (SSSR count). The Morgan fingerprint density at radius 2 is 2.05 bits per heavy atom. The number of hydrogen-bond donors (Lipinski definition) is 2. The molecule has 4 heteroatoms. The van der Waals surface area contributed by atoms with Crippen LogP contribution in [0.3, 0.4) is 0 Å². The molecule has 1 aromatic rings. The second kappa shape index (κ2) is 7.14. The van der Waals surface area contributed by atoms with Crippen molar-refractivity contribution < 1.29 is 9.53 Å². The Labute approximate surface area is 115 Å². The number of carbonyl (C=O) groups excluding carboxylic acids is 1. The fourth-order valence-corrected chi connectivity index (χ4v) is 1.59. The third-order valence-corrected chi connectivity index (χ3v) is 3.07. The Bertz CT molecular complexity index is 418. The molecule has 0 fully saturated rings. The van der Waals surface area contributed by atoms with Gasteiger partial charge in [0.2, 0.25) is 0 Å². The van der Waals surface area contributed by atoms with Crippen molar-refractivity contribution in [2.24, 2.45) is 5.73 Å². The van der Waals surface area contributed by atoms with Crippen LogP contribution >= 0.6 is 0 Å². The summed E-state index contributed by atoms with van der Waals surface area (Å²) in [7, 11) is 0. The lowest BCUT2D eigenvalue weighted by Gasteiger charge is -2.18. The summed E-state index contributed by atoms with van der Waals surface area (Å²) in [5.41, 5.74) is 6.81. The molecular formula is C15H24N2O2. The highest BCUT2D eigenvalue weighted by Crippen LogP contribution is 2.18. The number of nitrogens with one attached hydrogen (secondary N) is 1. The van der Waals surface area contributed by atoms with Crippen LogP contribution in [0.2, 0.25) is 0 Å². The van der Waals surface area contributed by atoms with Crippen LogP contribution in [-0.2, 0) is 4.79 Å². The molecule has 3 atom stereocenters. The molecule has 0 aliphatic heterocycles. The number of nitrogens with two attached hydrogens (primary N) is 1. The van der Waals surface area contributed by atoms with Gasteiger partial charge in [0.25, 0.3) is 5.91 Å². The summed E-state index contributed by atoms with van der Waals surface area (Å²) in [6, 6.07) is 7.65. The lowest BCUT2D eigenvalue weighted by molar-refractivity contribution is -0.127. The quantitative estimate of drug-likeness (QED) is 0.829. The molecule has 3 N–H and O–H groups in total. The standard InChI is InChI=1S/C15H24N2O2/c1-5-10(2)17-15(18)12(4)19-14-8-6-7-13(9-14)11(3)16/h6-12H,5,16H2,1-4H3,(H,17,18)/t10?,11-,12?/m1/s1. The highest BCUT2D eigenvalue weighted by atomic mass is 16.5. The Kier molecular flexibility index (Phi) is 5.83. The van der Waals surface area contributed by atoms with Gasteiger partial charge >= 0.3 is 0 Å². The van der Waals surface area contributed by atoms with E-state index in [2.05, 4.69) is 5.32 Å². The van der Waals surface area contributed by atoms with Crippen molar-refractivity contribution in [3.63, 3.8) is 0 Å². The van der Waals surface area contributed by atoms with Crippen LogP contribution in [0.5, 0.6) is 5.75 Å². The van der Waals surface area contributed by atoms with Crippen LogP contribution in [0.15, 0.2) is 24.3 Å². The minimum absolute atomic E-state index is 0.0483. The predicted molar refractivity (Wildman–Crippen MR) is 77.0 cm³/mol. The number of benzene rings is 1. The average molecular weight is 264 g/mol. The van der Waals surface area contributed by atoms with Gasteiger partial charge in [0.05, 0.1) is 0 Å². The summed E-state index contributed by atoms with van der Waals surface area (Å²) in [4.78, 5) is 11.9. The van der Waals surface area contributed by atoms with E-state index in [1.807, 2.05) is 45.0 Å². The summed E-state index contributed by atoms with van der Waals surface area (Å²) < 4.78 is 5.64. The Hall–Kier alpha value is -1.55. The maximum Gasteiger partial charge on any atom is 0.260 e. The van der Waals surface area contributed by atoms with Gasteiger partial charge < -0.3 is 15.8 Å². The SMILES string of the molecule is CCC(C)NC(=O)C(C)Oc1cccc([C@@H](C)N)c1. The van der Waals surface area contributed by atoms with E-state index in [4.69, 9.17) is 10.5 Å². The number of ether oxygens (including phenoxy) is 1. The highest BCUT2D eigenvalue weighted by molar-refractivity contribution is 5.80. The molecule has 1 amide bonds. The maximum absolute atomic E-state index is 11.9. The first-order valence-electron chi connectivity index (χ1n) is 6.76. The van der Waals surface area contributed by atoms with Gasteiger partial charge in [-0.1, -0.05) is 19.1 Å². The maximum atomic E-state index is 11.9. The molecule has 0 aromatic heterocycles. The Balaban J connectivity index is 2.63. The van der Waals surface area contributed by atoms with E-state index < -0.39 is 6.10 Å². The summed E-state index contributed by atoms with van der Waals surface area (Å²) in [5.74, 6) is 0.571. The molecule has 0 radical (unpaired) electrons. The fourth-order valence-electron chi connectivity index (χ4n) is 1.59. The zero-order valence-corrected chi connectivity index (χ0v) is 12.1. The molecule has 0 aliphatic carbocycles. The summed E-state index contributed by atoms with van der Waals surface area (Å²) in [6.07, 6.45) is 0.385. The molecule has 0 heterocycles. The van der Waals surface area contributed by atoms with Gasteiger partial charge in [-0.15, -0.1) is 0 Å². The first kappa shape index (κ1) is 15.5. The van der Waals surface area contributed by atoms with Crippen LogP contribution < -0.4 is 15.8 Å². The molecule has 2 unspecified atom stereocenters. The zero-order valence-electron chi connectivity index (χ0n) is 12.1. The first-order chi connectivity index (χ1) is 8.93. The van der Waals surface area contributed by atoms with Gasteiger partial charge in [0, 0.05) is 12.1 Å². The Morgan fingerprint density at radius 1 is 1.37 bits per heavy atom. The number of hydrogen-bond acceptors (Lipinski definition) is 3. The third-order valence-electron chi connectivity index (χ3n) is 3.07. The third kappa shape index (κ3) is 4.91. The number of rotatable bonds is 6. The second-order valence-corrected chi connectivity index (χ2v) is 4.94. The van der Waals surface area contributed by atoms with Crippen molar-refractivity contribution in [1.29, 1.82) is 0 Å². The normalized spacial score (nSPS) is 15.4. The zero-order chi connectivity index (χ0) is 14.4. The Morgan fingerprint density at radius 3 is 2.63 bits per heavy atom. The smallest absolute Gasteiger partial charge is 0.260 e. The van der Waals surface area contributed by atoms with Gasteiger partial charge in [-0.2, -0.15) is 0 Å². The minimum Gasteiger partial charge on any atom is -0.481 e. The van der Waals surface area contributed by atoms with Gasteiger partial charge in [0.15, 0.2) is 6.10 Å². The topological polar surface area (TPSA) is 64.3 Å². The molecular weight excluding hydrogens is 240 g/mol. The summed E-state index contributed by atoms with van der Waals surface area (Å²) in [5, 5.41) is 2.90. The highest BCUT2D eigenvalue weighted by Gasteiger charge is 2.16. The number of carbonyl (C=O) groups is 1. The van der Waals surface area contributed by atoms with Crippen molar-refractivity contribution in [2.75, 3.05) is 0 Å². The van der Waals surface area contributed by atoms with E-state index in [0.717, 1.165) is 12.0 Å². The van der Waals surface area contributed by atoms with Crippen LogP contribution in [0, 0.1) is 0 Å². The van der Waals surface area contributed by atoms with E-state index in [9.17, 15) is 4.79 Å². The first-order valence-corrected chi connectivity index (χ1v) is 6.76. The fraction of sp³-hybridized carbons (Fsp3) is 0.533. The molecule has 0 bridgehead atoms. The van der Waals surface area contributed by atoms with Crippen molar-refractivity contribution in [3.8, 4) is 5.75 Å². The van der Waals surface area contributed by atoms with E-state index in [1.165, 1.54) is 0 Å². The van der Waals surface area contributed by atoms with Gasteiger partial charge in [-0.25, -0.2) is 0 Å². The second-order valence-electron chi connectivity index (χ2n) is 4.94. The van der Waals surface area contributed by atoms with E-state index in [0.29, 0.717) is 5.75 Å². The van der Waals surface area contributed by atoms with Crippen molar-refractivity contribution in [1.82, 2.24) is 5.32 Å². The lowest BCUT2D eigenvalue weighted by Crippen LogP contribution is -2.40. The van der Waals surface area contributed by atoms with Crippen molar-refractivity contribution in [3.05, 3.63) is 29.8 Å². The lowest BCUT2D eigenvalue weighted by atomic mass is 10.1. The van der Waals surface area contributed by atoms with Gasteiger partial charge in [-0.3, -0.25) is 4.79 Å². The van der Waals surface area contributed by atoms with Crippen LogP contribution in [0.4, 0.5) is 0 Å². The van der Waals surface area contributed by atoms with E-state index in [-0.39, 0.29) is 18.0 Å². The minimum atomic E-state index is -0.516. The molecule has 0 aliphatic rings. The van der Waals surface area contributed by atoms with Gasteiger partial charge in [-0.05, 0) is 44.9 Å². The van der Waals surface area contributed by atoms with E-state index >= 15 is 0 Å².